The Bertz CT molecular complexity index is 5500. The topological polar surface area (TPSA) is 48.5 Å². The molecule has 3 aromatic heterocycles. The maximum atomic E-state index is 6.00. The Morgan fingerprint density at radius 1 is 0.228 bits per heavy atom. The van der Waals surface area contributed by atoms with Gasteiger partial charge in [-0.1, -0.05) is 376 Å². The van der Waals surface area contributed by atoms with Crippen molar-refractivity contribution in [1.29, 1.82) is 0 Å². The third-order valence-electron chi connectivity index (χ3n) is 20.8. The van der Waals surface area contributed by atoms with Crippen molar-refractivity contribution in [2.75, 3.05) is 0 Å². The number of nitrogens with zero attached hydrogens (tertiary/aromatic N) is 5. The third-order valence-corrected chi connectivity index (χ3v) is 30.4. The molecule has 0 bridgehead atoms. The maximum Gasteiger partial charge on any atom is 0.238 e. The smallest absolute Gasteiger partial charge is 0.238 e. The van der Waals surface area contributed by atoms with Gasteiger partial charge in [-0.15, -0.1) is 0 Å². The zero-order chi connectivity index (χ0) is 67.2. The average molecular weight is 1320 g/mol. The highest BCUT2D eigenvalue weighted by molar-refractivity contribution is 7.20. The van der Waals surface area contributed by atoms with Crippen LogP contribution in [0.25, 0.3) is 78.0 Å². The van der Waals surface area contributed by atoms with Crippen molar-refractivity contribution in [2.24, 2.45) is 0 Å². The average Bonchev–Trinajstić information content (AvgIpc) is 1.63. The normalized spacial score (nSPS) is 12.0. The monoisotopic (exact) mass is 1320 g/mol. The largest absolute Gasteiger partial charge is 0.309 e. The van der Waals surface area contributed by atoms with E-state index < -0.39 is 21.6 Å². The first kappa shape index (κ1) is 60.7. The summed E-state index contributed by atoms with van der Waals surface area (Å²) in [6.45, 7) is 0. The second-order valence-corrected chi connectivity index (χ2v) is 33.7. The molecule has 0 radical (unpaired) electrons. The molecule has 18 rings (SSSR count). The molecule has 0 spiro atoms. The molecule has 0 saturated carbocycles. The van der Waals surface area contributed by atoms with E-state index in [1.165, 1.54) is 41.5 Å². The van der Waals surface area contributed by atoms with Crippen LogP contribution in [-0.2, 0) is 5.41 Å². The molecule has 18 aromatic rings. The standard InChI is InChI=1S/C94H67N5Si2/c1-11-37-70(38-12-1)94(71-39-13-2-14-40-71,72-41-15-3-16-42-72)73-61-62-83-84-63-64-87-89(85-59-31-32-60-86(85)98(87)74-43-17-4-18-44-74)90(84)99(88(83)67-73)93-96-91(68-35-33-57-81(65-68)100(75-45-19-5-20-46-75,76-47-21-6-22-48-76)77-49-23-7-24-50-77)95-92(97-93)69-36-34-58-82(66-69)101(78-51-25-8-26-52-78,79-53-27-9-28-54-79)80-55-29-10-30-56-80/h1-67H. The lowest BCUT2D eigenvalue weighted by Gasteiger charge is -2.37. The van der Waals surface area contributed by atoms with E-state index in [1.54, 1.807) is 0 Å². The van der Waals surface area contributed by atoms with Crippen LogP contribution >= 0.6 is 0 Å². The molecule has 0 aliphatic rings. The van der Waals surface area contributed by atoms with Gasteiger partial charge in [0, 0.05) is 38.4 Å². The Morgan fingerprint density at radius 2 is 0.584 bits per heavy atom. The van der Waals surface area contributed by atoms with Gasteiger partial charge < -0.3 is 4.57 Å². The number of hydrogen-bond acceptors (Lipinski definition) is 3. The van der Waals surface area contributed by atoms with Crippen molar-refractivity contribution in [1.82, 2.24) is 24.1 Å². The second kappa shape index (κ2) is 25.6. The van der Waals surface area contributed by atoms with E-state index in [0.717, 1.165) is 82.7 Å². The van der Waals surface area contributed by atoms with Crippen LogP contribution in [0, 0.1) is 0 Å². The van der Waals surface area contributed by atoms with Crippen LogP contribution in [-0.4, -0.2) is 40.2 Å². The molecular weight excluding hydrogens is 1260 g/mol. The van der Waals surface area contributed by atoms with Crippen molar-refractivity contribution in [2.45, 2.75) is 5.41 Å². The Hall–Kier alpha value is -12.7. The number of rotatable bonds is 16. The summed E-state index contributed by atoms with van der Waals surface area (Å²) in [5.74, 6) is 1.62. The first-order valence-electron chi connectivity index (χ1n) is 34.7. The molecule has 0 N–H and O–H groups in total. The van der Waals surface area contributed by atoms with Gasteiger partial charge in [0.25, 0.3) is 0 Å². The second-order valence-electron chi connectivity index (χ2n) is 26.1. The van der Waals surface area contributed by atoms with Crippen LogP contribution in [0.15, 0.2) is 406 Å². The summed E-state index contributed by atoms with van der Waals surface area (Å²) >= 11 is 0. The fourth-order valence-corrected chi connectivity index (χ4v) is 26.1. The molecule has 0 aliphatic heterocycles. The minimum atomic E-state index is -3.07. The quantitative estimate of drug-likeness (QED) is 0.0715. The first-order chi connectivity index (χ1) is 50.1. The van der Waals surface area contributed by atoms with Gasteiger partial charge in [-0.25, -0.2) is 4.98 Å². The van der Waals surface area contributed by atoms with E-state index in [0.29, 0.717) is 17.6 Å². The Balaban J connectivity index is 0.985. The molecular formula is C94H67N5Si2. The minimum Gasteiger partial charge on any atom is -0.309 e. The van der Waals surface area contributed by atoms with Gasteiger partial charge in [-0.05, 0) is 94.1 Å². The molecule has 0 unspecified atom stereocenters. The van der Waals surface area contributed by atoms with E-state index in [-0.39, 0.29) is 0 Å². The van der Waals surface area contributed by atoms with Crippen LogP contribution in [0.3, 0.4) is 0 Å². The van der Waals surface area contributed by atoms with Gasteiger partial charge in [-0.2, -0.15) is 9.97 Å². The fraction of sp³-hybridized carbons (Fsp3) is 0.0106. The zero-order valence-corrected chi connectivity index (χ0v) is 57.4. The Morgan fingerprint density at radius 3 is 1.00 bits per heavy atom. The molecule has 7 heteroatoms. The Labute approximate surface area is 590 Å². The lowest BCUT2D eigenvalue weighted by molar-refractivity contribution is 0.746. The van der Waals surface area contributed by atoms with Gasteiger partial charge in [0.15, 0.2) is 27.8 Å². The number of hydrogen-bond donors (Lipinski definition) is 0. The molecule has 0 atom stereocenters. The summed E-state index contributed by atoms with van der Waals surface area (Å²) < 4.78 is 4.80. The summed E-state index contributed by atoms with van der Waals surface area (Å²) in [6.07, 6.45) is 0. The van der Waals surface area contributed by atoms with Gasteiger partial charge in [0.05, 0.1) is 27.5 Å². The molecule has 101 heavy (non-hydrogen) atoms. The van der Waals surface area contributed by atoms with E-state index in [4.69, 9.17) is 15.0 Å². The summed E-state index contributed by atoms with van der Waals surface area (Å²) in [6, 6.07) is 150. The van der Waals surface area contributed by atoms with Crippen LogP contribution in [0.1, 0.15) is 22.3 Å². The molecule has 0 saturated heterocycles. The highest BCUT2D eigenvalue weighted by Crippen LogP contribution is 2.48. The number of fused-ring (bicyclic) bond motifs is 7. The van der Waals surface area contributed by atoms with Gasteiger partial charge in [0.2, 0.25) is 5.95 Å². The van der Waals surface area contributed by atoms with E-state index in [2.05, 4.69) is 416 Å². The van der Waals surface area contributed by atoms with Crippen molar-refractivity contribution in [3.8, 4) is 34.4 Å². The van der Waals surface area contributed by atoms with E-state index >= 15 is 0 Å². The van der Waals surface area contributed by atoms with Crippen molar-refractivity contribution in [3.63, 3.8) is 0 Å². The third kappa shape index (κ3) is 9.99. The summed E-state index contributed by atoms with van der Waals surface area (Å²) in [7, 11) is -6.14. The van der Waals surface area contributed by atoms with E-state index in [1.807, 2.05) is 0 Å². The van der Waals surface area contributed by atoms with Crippen LogP contribution in [0.5, 0.6) is 0 Å². The molecule has 5 nitrogen and oxygen atoms in total. The Kier molecular flexibility index (Phi) is 15.4. The van der Waals surface area contributed by atoms with Crippen molar-refractivity contribution >= 4 is 101 Å². The lowest BCUT2D eigenvalue weighted by atomic mass is 9.65. The van der Waals surface area contributed by atoms with Crippen molar-refractivity contribution < 1.29 is 0 Å². The van der Waals surface area contributed by atoms with Gasteiger partial charge >= 0.3 is 0 Å². The summed E-state index contributed by atoms with van der Waals surface area (Å²) in [5, 5.41) is 14.5. The van der Waals surface area contributed by atoms with Crippen LogP contribution < -0.4 is 41.5 Å². The van der Waals surface area contributed by atoms with Gasteiger partial charge in [0.1, 0.15) is 0 Å². The molecule has 0 amide bonds. The predicted octanol–water partition coefficient (Wildman–Crippen LogP) is 16.5. The zero-order valence-electron chi connectivity index (χ0n) is 55.4. The fourth-order valence-electron chi connectivity index (χ4n) is 16.6. The van der Waals surface area contributed by atoms with Crippen LogP contribution in [0.2, 0.25) is 0 Å². The molecule has 0 fully saturated rings. The van der Waals surface area contributed by atoms with Gasteiger partial charge in [-0.3, -0.25) is 4.57 Å². The molecule has 476 valence electrons. The maximum absolute atomic E-state index is 6.00. The number of benzene rings is 15. The molecule has 15 aromatic carbocycles. The highest BCUT2D eigenvalue weighted by Gasteiger charge is 2.44. The highest BCUT2D eigenvalue weighted by atomic mass is 28.3. The summed E-state index contributed by atoms with van der Waals surface area (Å²) in [4.78, 5) is 17.9. The molecule has 3 heterocycles. The van der Waals surface area contributed by atoms with Crippen LogP contribution in [0.4, 0.5) is 0 Å². The summed E-state index contributed by atoms with van der Waals surface area (Å²) in [5.41, 5.74) is 10.8. The lowest BCUT2D eigenvalue weighted by Crippen LogP contribution is -2.74. The first-order valence-corrected chi connectivity index (χ1v) is 38.7. The van der Waals surface area contributed by atoms with Crippen molar-refractivity contribution in [3.05, 3.63) is 429 Å². The number of aromatic nitrogens is 5. The van der Waals surface area contributed by atoms with E-state index in [9.17, 15) is 0 Å². The predicted molar refractivity (Wildman–Crippen MR) is 425 cm³/mol. The minimum absolute atomic E-state index is 0.502. The SMILES string of the molecule is c1ccc(-n2c3ccccc3c3c2ccc2c4ccc(C(c5ccccc5)(c5ccccc5)c5ccccc5)cc4n(-c4nc(-c5cccc([Si](c6ccccc6)(c6ccccc6)c6ccccc6)c5)nc(-c5cccc([Si](c6ccccc6)(c6ccccc6)c6ccccc6)c5)n4)c23)cc1. The molecule has 0 aliphatic carbocycles. The number of para-hydroxylation sites is 2.